The first-order valence-electron chi connectivity index (χ1n) is 10.6. The van der Waals surface area contributed by atoms with Gasteiger partial charge in [0, 0.05) is 43.1 Å². The van der Waals surface area contributed by atoms with Crippen molar-refractivity contribution in [3.05, 3.63) is 59.0 Å². The molecule has 0 bridgehead atoms. The highest BCUT2D eigenvalue weighted by Gasteiger charge is 2.17. The molecule has 0 saturated carbocycles. The van der Waals surface area contributed by atoms with Gasteiger partial charge in [0.05, 0.1) is 6.20 Å². The lowest BCUT2D eigenvalue weighted by atomic mass is 10.1. The number of hydrogen-bond acceptors (Lipinski definition) is 5. The van der Waals surface area contributed by atoms with Crippen molar-refractivity contribution in [2.45, 2.75) is 40.0 Å². The van der Waals surface area contributed by atoms with Crippen LogP contribution in [0.15, 0.2) is 36.5 Å². The van der Waals surface area contributed by atoms with Gasteiger partial charge in [-0.25, -0.2) is 9.50 Å². The van der Waals surface area contributed by atoms with Crippen LogP contribution in [0.25, 0.3) is 5.65 Å². The number of hydrogen-bond donors (Lipinski definition) is 2. The summed E-state index contributed by atoms with van der Waals surface area (Å²) in [6.07, 6.45) is 3.24. The SMILES string of the molecule is CCN(CCCNC(=O)CCc1c(C)nc2c(C(N)=O)cnn2c1C)c1ccccc1. The van der Waals surface area contributed by atoms with Crippen molar-refractivity contribution in [1.29, 1.82) is 0 Å². The quantitative estimate of drug-likeness (QED) is 0.488. The van der Waals surface area contributed by atoms with Crippen LogP contribution < -0.4 is 16.0 Å². The molecule has 1 aromatic carbocycles. The van der Waals surface area contributed by atoms with Crippen LogP contribution >= 0.6 is 0 Å². The Morgan fingerprint density at radius 2 is 1.94 bits per heavy atom. The van der Waals surface area contributed by atoms with E-state index in [0.717, 1.165) is 36.5 Å². The molecule has 0 aliphatic rings. The van der Waals surface area contributed by atoms with Crippen molar-refractivity contribution in [2.24, 2.45) is 5.73 Å². The molecular formula is C23H30N6O2. The summed E-state index contributed by atoms with van der Waals surface area (Å²) in [6.45, 7) is 8.38. The molecule has 3 N–H and O–H groups in total. The number of carbonyl (C=O) groups is 2. The third-order valence-corrected chi connectivity index (χ3v) is 5.51. The highest BCUT2D eigenvalue weighted by molar-refractivity contribution is 5.98. The maximum Gasteiger partial charge on any atom is 0.254 e. The number of fused-ring (bicyclic) bond motifs is 1. The molecule has 3 rings (SSSR count). The van der Waals surface area contributed by atoms with Crippen LogP contribution in [0, 0.1) is 13.8 Å². The molecular weight excluding hydrogens is 392 g/mol. The Bertz CT molecular complexity index is 1060. The zero-order valence-electron chi connectivity index (χ0n) is 18.4. The maximum atomic E-state index is 12.4. The Morgan fingerprint density at radius 1 is 1.19 bits per heavy atom. The van der Waals surface area contributed by atoms with Crippen LogP contribution in [0.3, 0.4) is 0 Å². The van der Waals surface area contributed by atoms with Gasteiger partial charge in [-0.15, -0.1) is 0 Å². The van der Waals surface area contributed by atoms with E-state index in [1.807, 2.05) is 32.0 Å². The van der Waals surface area contributed by atoms with Gasteiger partial charge in [-0.05, 0) is 51.3 Å². The molecule has 8 nitrogen and oxygen atoms in total. The molecule has 0 spiro atoms. The molecule has 0 saturated heterocycles. The van der Waals surface area contributed by atoms with Gasteiger partial charge in [0.15, 0.2) is 5.65 Å². The van der Waals surface area contributed by atoms with E-state index in [4.69, 9.17) is 5.73 Å². The van der Waals surface area contributed by atoms with Gasteiger partial charge in [-0.1, -0.05) is 18.2 Å². The second-order valence-corrected chi connectivity index (χ2v) is 7.54. The molecule has 2 amide bonds. The standard InChI is InChI=1S/C23H30N6O2/c1-4-28(18-9-6-5-7-10-18)14-8-13-25-21(30)12-11-19-16(2)27-23-20(22(24)31)15-26-29(23)17(19)3/h5-7,9-10,15H,4,8,11-14H2,1-3H3,(H2,24,31)(H,25,30). The third kappa shape index (κ3) is 5.20. The van der Waals surface area contributed by atoms with Gasteiger partial charge in [-0.3, -0.25) is 9.59 Å². The number of benzene rings is 1. The minimum absolute atomic E-state index is 0.0138. The molecule has 0 aliphatic heterocycles. The van der Waals surface area contributed by atoms with Crippen LogP contribution in [-0.4, -0.2) is 46.0 Å². The van der Waals surface area contributed by atoms with Crippen molar-refractivity contribution in [2.75, 3.05) is 24.5 Å². The smallest absolute Gasteiger partial charge is 0.254 e. The summed E-state index contributed by atoms with van der Waals surface area (Å²) in [7, 11) is 0. The Balaban J connectivity index is 1.52. The highest BCUT2D eigenvalue weighted by atomic mass is 16.1. The number of anilines is 1. The number of nitrogens with zero attached hydrogens (tertiary/aromatic N) is 4. The number of nitrogens with two attached hydrogens (primary N) is 1. The average molecular weight is 423 g/mol. The minimum atomic E-state index is -0.553. The zero-order valence-corrected chi connectivity index (χ0v) is 18.4. The van der Waals surface area contributed by atoms with Gasteiger partial charge in [-0.2, -0.15) is 5.10 Å². The normalized spacial score (nSPS) is 10.9. The third-order valence-electron chi connectivity index (χ3n) is 5.51. The van der Waals surface area contributed by atoms with Gasteiger partial charge >= 0.3 is 0 Å². The van der Waals surface area contributed by atoms with E-state index in [-0.39, 0.29) is 5.91 Å². The first-order valence-corrected chi connectivity index (χ1v) is 10.6. The van der Waals surface area contributed by atoms with E-state index < -0.39 is 5.91 Å². The molecule has 2 heterocycles. The fourth-order valence-electron chi connectivity index (χ4n) is 3.78. The van der Waals surface area contributed by atoms with Crippen molar-refractivity contribution >= 4 is 23.1 Å². The number of rotatable bonds is 10. The zero-order chi connectivity index (χ0) is 22.4. The van der Waals surface area contributed by atoms with Crippen molar-refractivity contribution in [1.82, 2.24) is 19.9 Å². The predicted octanol–water partition coefficient (Wildman–Crippen LogP) is 2.41. The van der Waals surface area contributed by atoms with Crippen LogP contribution in [0.2, 0.25) is 0 Å². The molecule has 0 unspecified atom stereocenters. The second-order valence-electron chi connectivity index (χ2n) is 7.54. The molecule has 0 atom stereocenters. The largest absolute Gasteiger partial charge is 0.372 e. The monoisotopic (exact) mass is 422 g/mol. The summed E-state index contributed by atoms with van der Waals surface area (Å²) in [5, 5.41) is 7.24. The Labute approximate surface area is 182 Å². The number of aryl methyl sites for hydroxylation is 2. The van der Waals surface area contributed by atoms with E-state index in [2.05, 4.69) is 39.4 Å². The highest BCUT2D eigenvalue weighted by Crippen LogP contribution is 2.18. The van der Waals surface area contributed by atoms with E-state index in [1.54, 1.807) is 4.52 Å². The number of nitrogens with one attached hydrogen (secondary N) is 1. The summed E-state index contributed by atoms with van der Waals surface area (Å²) in [6, 6.07) is 10.3. The molecule has 31 heavy (non-hydrogen) atoms. The molecule has 0 fully saturated rings. The molecule has 2 aromatic heterocycles. The fraction of sp³-hybridized carbons (Fsp3) is 0.391. The number of para-hydroxylation sites is 1. The van der Waals surface area contributed by atoms with E-state index in [1.165, 1.54) is 11.9 Å². The lowest BCUT2D eigenvalue weighted by Crippen LogP contribution is -2.30. The molecule has 8 heteroatoms. The van der Waals surface area contributed by atoms with Gasteiger partial charge < -0.3 is 16.0 Å². The van der Waals surface area contributed by atoms with Gasteiger partial charge in [0.1, 0.15) is 5.56 Å². The topological polar surface area (TPSA) is 106 Å². The summed E-state index contributed by atoms with van der Waals surface area (Å²) in [5.41, 5.74) is 9.95. The molecule has 0 radical (unpaired) electrons. The van der Waals surface area contributed by atoms with Crippen molar-refractivity contribution < 1.29 is 9.59 Å². The van der Waals surface area contributed by atoms with Crippen LogP contribution in [0.4, 0.5) is 5.69 Å². The maximum absolute atomic E-state index is 12.4. The van der Waals surface area contributed by atoms with E-state index >= 15 is 0 Å². The first kappa shape index (κ1) is 22.3. The number of carbonyl (C=O) groups excluding carboxylic acids is 2. The molecule has 0 aliphatic carbocycles. The predicted molar refractivity (Wildman–Crippen MR) is 121 cm³/mol. The molecule has 3 aromatic rings. The summed E-state index contributed by atoms with van der Waals surface area (Å²) >= 11 is 0. The van der Waals surface area contributed by atoms with Crippen LogP contribution in [0.5, 0.6) is 0 Å². The summed E-state index contributed by atoms with van der Waals surface area (Å²) in [4.78, 5) is 30.7. The Hall–Kier alpha value is -3.42. The first-order chi connectivity index (χ1) is 14.9. The fourth-order valence-corrected chi connectivity index (χ4v) is 3.78. The number of amides is 2. The number of primary amides is 1. The lowest BCUT2D eigenvalue weighted by Gasteiger charge is -2.23. The molecule has 164 valence electrons. The van der Waals surface area contributed by atoms with Crippen LogP contribution in [-0.2, 0) is 11.2 Å². The second kappa shape index (κ2) is 10.1. The Morgan fingerprint density at radius 3 is 2.61 bits per heavy atom. The minimum Gasteiger partial charge on any atom is -0.372 e. The summed E-state index contributed by atoms with van der Waals surface area (Å²) < 4.78 is 1.61. The van der Waals surface area contributed by atoms with Crippen LogP contribution in [0.1, 0.15) is 47.1 Å². The Kier molecular flexibility index (Phi) is 7.23. The number of aromatic nitrogens is 3. The van der Waals surface area contributed by atoms with Gasteiger partial charge in [0.2, 0.25) is 5.91 Å². The van der Waals surface area contributed by atoms with Crippen molar-refractivity contribution in [3.8, 4) is 0 Å². The summed E-state index contributed by atoms with van der Waals surface area (Å²) in [5.74, 6) is -0.540. The lowest BCUT2D eigenvalue weighted by molar-refractivity contribution is -0.121. The average Bonchev–Trinajstić information content (AvgIpc) is 3.18. The van der Waals surface area contributed by atoms with Crippen molar-refractivity contribution in [3.63, 3.8) is 0 Å². The van der Waals surface area contributed by atoms with E-state index in [9.17, 15) is 9.59 Å². The van der Waals surface area contributed by atoms with Gasteiger partial charge in [0.25, 0.3) is 5.91 Å². The van der Waals surface area contributed by atoms with E-state index in [0.29, 0.717) is 30.6 Å².